The molecule has 34 heavy (non-hydrogen) atoms. The molecule has 4 aromatic rings. The maximum absolute atomic E-state index is 15.4. The maximum atomic E-state index is 15.4. The smallest absolute Gasteiger partial charge is 0.123 e. The van der Waals surface area contributed by atoms with E-state index >= 15 is 4.39 Å². The maximum Gasteiger partial charge on any atom is 0.123 e. The number of methoxy groups -OCH3 is 1. The average molecular weight is 462 g/mol. The molecule has 1 saturated heterocycles. The van der Waals surface area contributed by atoms with Gasteiger partial charge >= 0.3 is 0 Å². The highest BCUT2D eigenvalue weighted by atomic mass is 19.1. The van der Waals surface area contributed by atoms with E-state index in [4.69, 9.17) is 4.74 Å². The lowest BCUT2D eigenvalue weighted by atomic mass is 9.87. The number of H-pyrrole nitrogens is 1. The lowest BCUT2D eigenvalue weighted by molar-refractivity contribution is 0.0508. The van der Waals surface area contributed by atoms with Crippen LogP contribution in [0.4, 0.5) is 4.39 Å². The molecule has 2 aromatic carbocycles. The molecule has 0 spiro atoms. The van der Waals surface area contributed by atoms with E-state index in [1.54, 1.807) is 19.8 Å². The minimum atomic E-state index is -1.06. The van der Waals surface area contributed by atoms with Gasteiger partial charge in [0, 0.05) is 35.9 Å². The van der Waals surface area contributed by atoms with Crippen molar-refractivity contribution in [1.82, 2.24) is 24.6 Å². The first-order valence-electron chi connectivity index (χ1n) is 12.1. The van der Waals surface area contributed by atoms with E-state index in [0.717, 1.165) is 61.4 Å². The number of ether oxygens (including phenoxy) is 1. The van der Waals surface area contributed by atoms with Gasteiger partial charge in [-0.25, -0.2) is 4.39 Å². The van der Waals surface area contributed by atoms with Crippen molar-refractivity contribution in [1.29, 1.82) is 0 Å². The molecular formula is C27H32FN5O. The summed E-state index contributed by atoms with van der Waals surface area (Å²) in [7, 11) is 1.67. The van der Waals surface area contributed by atoms with Crippen LogP contribution in [0.1, 0.15) is 36.8 Å². The van der Waals surface area contributed by atoms with Crippen LogP contribution in [0.3, 0.4) is 0 Å². The lowest BCUT2D eigenvalue weighted by Gasteiger charge is -2.36. The van der Waals surface area contributed by atoms with E-state index in [-0.39, 0.29) is 0 Å². The largest absolute Gasteiger partial charge is 0.497 e. The predicted molar refractivity (Wildman–Crippen MR) is 132 cm³/mol. The molecular weight excluding hydrogens is 429 g/mol. The van der Waals surface area contributed by atoms with E-state index < -0.39 is 5.67 Å². The lowest BCUT2D eigenvalue weighted by Crippen LogP contribution is -2.42. The SMILES string of the molecule is COc1cccc(CCC2(F)CCN(CCCc3c[nH]c4ccc(-n5cnnc5)cc34)CC2)c1. The summed E-state index contributed by atoms with van der Waals surface area (Å²) in [6, 6.07) is 14.3. The zero-order valence-electron chi connectivity index (χ0n) is 19.7. The van der Waals surface area contributed by atoms with Crippen LogP contribution >= 0.6 is 0 Å². The van der Waals surface area contributed by atoms with Gasteiger partial charge in [0.1, 0.15) is 24.1 Å². The first-order chi connectivity index (χ1) is 16.6. The van der Waals surface area contributed by atoms with Gasteiger partial charge in [-0.15, -0.1) is 10.2 Å². The van der Waals surface area contributed by atoms with Gasteiger partial charge in [-0.1, -0.05) is 12.1 Å². The molecule has 5 rings (SSSR count). The number of nitrogens with one attached hydrogen (secondary N) is 1. The number of hydrogen-bond donors (Lipinski definition) is 1. The summed E-state index contributed by atoms with van der Waals surface area (Å²) in [5.41, 5.74) is 3.60. The van der Waals surface area contributed by atoms with Gasteiger partial charge in [-0.05, 0) is 86.5 Å². The first kappa shape index (κ1) is 22.6. The van der Waals surface area contributed by atoms with Crippen molar-refractivity contribution < 1.29 is 9.13 Å². The van der Waals surface area contributed by atoms with Crippen molar-refractivity contribution in [3.05, 3.63) is 72.4 Å². The minimum Gasteiger partial charge on any atom is -0.497 e. The second kappa shape index (κ2) is 9.97. The average Bonchev–Trinajstić information content (AvgIpc) is 3.55. The van der Waals surface area contributed by atoms with Crippen LogP contribution < -0.4 is 4.74 Å². The number of likely N-dealkylation sites (tertiary alicyclic amines) is 1. The Bertz CT molecular complexity index is 1210. The van der Waals surface area contributed by atoms with Crippen molar-refractivity contribution in [3.8, 4) is 11.4 Å². The van der Waals surface area contributed by atoms with Crippen LogP contribution in [0.25, 0.3) is 16.6 Å². The molecule has 3 heterocycles. The van der Waals surface area contributed by atoms with Gasteiger partial charge in [0.15, 0.2) is 0 Å². The highest BCUT2D eigenvalue weighted by molar-refractivity contribution is 5.85. The molecule has 1 aliphatic rings. The van der Waals surface area contributed by atoms with E-state index in [9.17, 15) is 0 Å². The summed E-state index contributed by atoms with van der Waals surface area (Å²) in [6.07, 6.45) is 10.2. The van der Waals surface area contributed by atoms with E-state index in [0.29, 0.717) is 19.3 Å². The summed E-state index contributed by atoms with van der Waals surface area (Å²) in [6.45, 7) is 2.67. The van der Waals surface area contributed by atoms with Gasteiger partial charge in [0.2, 0.25) is 0 Å². The normalized spacial score (nSPS) is 16.2. The van der Waals surface area contributed by atoms with Crippen molar-refractivity contribution in [2.45, 2.75) is 44.2 Å². The Morgan fingerprint density at radius 2 is 1.88 bits per heavy atom. The van der Waals surface area contributed by atoms with E-state index in [2.05, 4.69) is 50.5 Å². The minimum absolute atomic E-state index is 0.581. The fourth-order valence-electron chi connectivity index (χ4n) is 4.98. The van der Waals surface area contributed by atoms with Crippen molar-refractivity contribution in [2.75, 3.05) is 26.7 Å². The molecule has 0 aliphatic carbocycles. The Kier molecular flexibility index (Phi) is 6.63. The van der Waals surface area contributed by atoms with Gasteiger partial charge in [0.25, 0.3) is 0 Å². The highest BCUT2D eigenvalue weighted by Crippen LogP contribution is 2.32. The van der Waals surface area contributed by atoms with Crippen molar-refractivity contribution in [3.63, 3.8) is 0 Å². The number of aromatic nitrogens is 4. The Hall–Kier alpha value is -3.19. The third-order valence-electron chi connectivity index (χ3n) is 7.14. The molecule has 2 aromatic heterocycles. The number of halogens is 1. The number of benzene rings is 2. The molecule has 6 nitrogen and oxygen atoms in total. The number of aromatic amines is 1. The van der Waals surface area contributed by atoms with Crippen LogP contribution in [-0.4, -0.2) is 57.1 Å². The fraction of sp³-hybridized carbons (Fsp3) is 0.407. The molecule has 7 heteroatoms. The number of alkyl halides is 1. The third-order valence-corrected chi connectivity index (χ3v) is 7.14. The van der Waals surface area contributed by atoms with Gasteiger partial charge in [-0.2, -0.15) is 0 Å². The molecule has 0 saturated carbocycles. The van der Waals surface area contributed by atoms with Crippen LogP contribution in [0.2, 0.25) is 0 Å². The molecule has 0 bridgehead atoms. The number of piperidine rings is 1. The molecule has 178 valence electrons. The third kappa shape index (κ3) is 5.14. The molecule has 0 amide bonds. The monoisotopic (exact) mass is 461 g/mol. The van der Waals surface area contributed by atoms with Crippen LogP contribution in [0.5, 0.6) is 5.75 Å². The summed E-state index contributed by atoms with van der Waals surface area (Å²) in [5.74, 6) is 0.838. The molecule has 0 unspecified atom stereocenters. The van der Waals surface area contributed by atoms with Crippen molar-refractivity contribution >= 4 is 10.9 Å². The van der Waals surface area contributed by atoms with Crippen LogP contribution in [0.15, 0.2) is 61.3 Å². The summed E-state index contributed by atoms with van der Waals surface area (Å²) >= 11 is 0. The topological polar surface area (TPSA) is 59.0 Å². The molecule has 0 radical (unpaired) electrons. The number of rotatable bonds is 9. The van der Waals surface area contributed by atoms with Gasteiger partial charge in [0.05, 0.1) is 7.11 Å². The van der Waals surface area contributed by atoms with Gasteiger partial charge in [-0.3, -0.25) is 4.57 Å². The van der Waals surface area contributed by atoms with Crippen LogP contribution in [-0.2, 0) is 12.8 Å². The zero-order valence-corrected chi connectivity index (χ0v) is 19.7. The molecule has 1 aliphatic heterocycles. The Morgan fingerprint density at radius 1 is 1.06 bits per heavy atom. The van der Waals surface area contributed by atoms with Crippen molar-refractivity contribution in [2.24, 2.45) is 0 Å². The number of nitrogens with zero attached hydrogens (tertiary/aromatic N) is 4. The fourth-order valence-corrected chi connectivity index (χ4v) is 4.98. The summed E-state index contributed by atoms with van der Waals surface area (Å²) < 4.78 is 22.6. The van der Waals surface area contributed by atoms with E-state index in [1.165, 1.54) is 10.9 Å². The number of hydrogen-bond acceptors (Lipinski definition) is 4. The predicted octanol–water partition coefficient (Wildman–Crippen LogP) is 5.13. The highest BCUT2D eigenvalue weighted by Gasteiger charge is 2.33. The van der Waals surface area contributed by atoms with Crippen LogP contribution in [0, 0.1) is 0 Å². The Morgan fingerprint density at radius 3 is 2.68 bits per heavy atom. The number of fused-ring (bicyclic) bond motifs is 1. The number of aryl methyl sites for hydroxylation is 2. The van der Waals surface area contributed by atoms with Gasteiger partial charge < -0.3 is 14.6 Å². The first-order valence-corrected chi connectivity index (χ1v) is 12.1. The second-order valence-corrected chi connectivity index (χ2v) is 9.36. The quantitative estimate of drug-likeness (QED) is 0.376. The summed E-state index contributed by atoms with van der Waals surface area (Å²) in [4.78, 5) is 5.80. The molecule has 1 N–H and O–H groups in total. The summed E-state index contributed by atoms with van der Waals surface area (Å²) in [5, 5.41) is 9.04. The second-order valence-electron chi connectivity index (χ2n) is 9.36. The zero-order chi connectivity index (χ0) is 23.4. The van der Waals surface area contributed by atoms with E-state index in [1.807, 2.05) is 22.8 Å². The Labute approximate surface area is 199 Å². The standard InChI is InChI=1S/C27H32FN5O/c1-34-24-6-2-4-21(16-24)9-10-27(28)11-14-32(15-12-27)13-3-5-22-18-29-26-8-7-23(17-25(22)26)33-19-30-31-20-33/h2,4,6-8,16-20,29H,3,5,9-15H2,1H3. The molecule has 1 fully saturated rings. The Balaban J connectivity index is 1.10. The molecule has 0 atom stereocenters.